The Hall–Kier alpha value is -0.570. The molecule has 0 aromatic rings. The summed E-state index contributed by atoms with van der Waals surface area (Å²) >= 11 is 0. The molecule has 0 aromatic carbocycles. The van der Waals surface area contributed by atoms with E-state index in [0.717, 1.165) is 26.1 Å². The molecule has 3 heteroatoms. The molecule has 3 nitrogen and oxygen atoms in total. The highest BCUT2D eigenvalue weighted by Gasteiger charge is 2.25. The minimum atomic E-state index is 0.397. The van der Waals surface area contributed by atoms with Gasteiger partial charge in [-0.15, -0.1) is 0 Å². The van der Waals surface area contributed by atoms with Crippen molar-refractivity contribution < 1.29 is 4.79 Å². The Bertz CT molecular complexity index is 249. The van der Waals surface area contributed by atoms with Crippen LogP contribution in [0.5, 0.6) is 0 Å². The number of likely N-dealkylation sites (tertiary alicyclic amines) is 2. The Balaban J connectivity index is 1.69. The van der Waals surface area contributed by atoms with Gasteiger partial charge in [0.1, 0.15) is 0 Å². The normalized spacial score (nSPS) is 26.8. The lowest BCUT2D eigenvalue weighted by Gasteiger charge is -2.32. The first-order valence-corrected chi connectivity index (χ1v) is 7.29. The molecule has 2 saturated heterocycles. The summed E-state index contributed by atoms with van der Waals surface area (Å²) in [6.45, 7) is 7.73. The highest BCUT2D eigenvalue weighted by Crippen LogP contribution is 2.22. The molecular weight excluding hydrogens is 212 g/mol. The average Bonchev–Trinajstić information content (AvgIpc) is 2.81. The van der Waals surface area contributed by atoms with E-state index in [1.807, 2.05) is 0 Å². The highest BCUT2D eigenvalue weighted by atomic mass is 16.2. The number of amides is 1. The Labute approximate surface area is 105 Å². The molecule has 0 aliphatic carbocycles. The van der Waals surface area contributed by atoms with Gasteiger partial charge in [0.2, 0.25) is 5.91 Å². The van der Waals surface area contributed by atoms with Crippen molar-refractivity contribution in [3.63, 3.8) is 0 Å². The molecule has 0 saturated carbocycles. The first-order chi connectivity index (χ1) is 8.29. The molecule has 1 amide bonds. The van der Waals surface area contributed by atoms with Crippen LogP contribution in [-0.4, -0.2) is 48.4 Å². The predicted molar refractivity (Wildman–Crippen MR) is 69.9 cm³/mol. The molecule has 1 unspecified atom stereocenters. The Morgan fingerprint density at radius 3 is 2.59 bits per heavy atom. The summed E-state index contributed by atoms with van der Waals surface area (Å²) in [6, 6.07) is 0. The lowest BCUT2D eigenvalue weighted by Crippen LogP contribution is -2.42. The zero-order chi connectivity index (χ0) is 12.1. The van der Waals surface area contributed by atoms with Crippen molar-refractivity contribution in [2.45, 2.75) is 45.4 Å². The molecule has 0 N–H and O–H groups in total. The van der Waals surface area contributed by atoms with E-state index in [2.05, 4.69) is 16.7 Å². The van der Waals surface area contributed by atoms with E-state index in [1.54, 1.807) is 0 Å². The Morgan fingerprint density at radius 2 is 1.94 bits per heavy atom. The molecule has 2 heterocycles. The summed E-state index contributed by atoms with van der Waals surface area (Å²) in [4.78, 5) is 16.6. The van der Waals surface area contributed by atoms with Crippen LogP contribution in [0.25, 0.3) is 0 Å². The fraction of sp³-hybridized carbons (Fsp3) is 0.929. The summed E-state index contributed by atoms with van der Waals surface area (Å²) in [5.41, 5.74) is 0. The Morgan fingerprint density at radius 1 is 1.18 bits per heavy atom. The van der Waals surface area contributed by atoms with Crippen molar-refractivity contribution in [1.82, 2.24) is 9.80 Å². The molecule has 0 aromatic heterocycles. The number of nitrogens with zero attached hydrogens (tertiary/aromatic N) is 2. The zero-order valence-electron chi connectivity index (χ0n) is 11.2. The fourth-order valence-electron chi connectivity index (χ4n) is 3.10. The molecule has 2 rings (SSSR count). The van der Waals surface area contributed by atoms with Gasteiger partial charge in [0.05, 0.1) is 0 Å². The molecule has 17 heavy (non-hydrogen) atoms. The van der Waals surface area contributed by atoms with Crippen molar-refractivity contribution >= 4 is 5.91 Å². The van der Waals surface area contributed by atoms with Gasteiger partial charge in [0, 0.05) is 26.1 Å². The lowest BCUT2D eigenvalue weighted by atomic mass is 9.92. The second-order valence-electron chi connectivity index (χ2n) is 5.58. The van der Waals surface area contributed by atoms with Gasteiger partial charge in [-0.25, -0.2) is 0 Å². The summed E-state index contributed by atoms with van der Waals surface area (Å²) in [5, 5.41) is 0. The third-order valence-corrected chi connectivity index (χ3v) is 4.21. The molecule has 2 aliphatic heterocycles. The molecule has 0 spiro atoms. The van der Waals surface area contributed by atoms with Crippen LogP contribution in [0.3, 0.4) is 0 Å². The van der Waals surface area contributed by atoms with Gasteiger partial charge in [-0.2, -0.15) is 0 Å². The largest absolute Gasteiger partial charge is 0.341 e. The highest BCUT2D eigenvalue weighted by molar-refractivity contribution is 5.77. The van der Waals surface area contributed by atoms with Gasteiger partial charge in [0.25, 0.3) is 0 Å². The van der Waals surface area contributed by atoms with Gasteiger partial charge < -0.3 is 9.80 Å². The molecular formula is C14H26N2O. The van der Waals surface area contributed by atoms with E-state index < -0.39 is 0 Å². The standard InChI is InChI=1S/C14H26N2O/c1-2-5-13-6-9-16(14(17)12-13)11-10-15-7-3-4-8-15/h13H,2-12H2,1H3. The molecule has 0 radical (unpaired) electrons. The minimum Gasteiger partial charge on any atom is -0.341 e. The third-order valence-electron chi connectivity index (χ3n) is 4.21. The van der Waals surface area contributed by atoms with Crippen LogP contribution in [0, 0.1) is 5.92 Å². The number of hydrogen-bond acceptors (Lipinski definition) is 2. The van der Waals surface area contributed by atoms with Crippen molar-refractivity contribution in [2.75, 3.05) is 32.7 Å². The van der Waals surface area contributed by atoms with Crippen LogP contribution in [0.1, 0.15) is 45.4 Å². The predicted octanol–water partition coefficient (Wildman–Crippen LogP) is 2.12. The Kier molecular flexibility index (Phi) is 4.84. The first kappa shape index (κ1) is 12.9. The molecule has 98 valence electrons. The summed E-state index contributed by atoms with van der Waals surface area (Å²) in [5.74, 6) is 1.06. The summed E-state index contributed by atoms with van der Waals surface area (Å²) in [7, 11) is 0. The lowest BCUT2D eigenvalue weighted by molar-refractivity contribution is -0.135. The number of rotatable bonds is 5. The summed E-state index contributed by atoms with van der Waals surface area (Å²) in [6.07, 6.45) is 7.14. The minimum absolute atomic E-state index is 0.397. The number of carbonyl (C=O) groups excluding carboxylic acids is 1. The van der Waals surface area contributed by atoms with Crippen molar-refractivity contribution in [1.29, 1.82) is 0 Å². The van der Waals surface area contributed by atoms with Gasteiger partial charge in [-0.3, -0.25) is 4.79 Å². The van der Waals surface area contributed by atoms with Crippen LogP contribution in [0.15, 0.2) is 0 Å². The number of carbonyl (C=O) groups is 1. The van der Waals surface area contributed by atoms with Crippen LogP contribution in [0.2, 0.25) is 0 Å². The van der Waals surface area contributed by atoms with Crippen molar-refractivity contribution in [3.8, 4) is 0 Å². The smallest absolute Gasteiger partial charge is 0.222 e. The van der Waals surface area contributed by atoms with Crippen molar-refractivity contribution in [3.05, 3.63) is 0 Å². The van der Waals surface area contributed by atoms with E-state index in [4.69, 9.17) is 0 Å². The molecule has 0 bridgehead atoms. The molecule has 2 fully saturated rings. The van der Waals surface area contributed by atoms with Crippen molar-refractivity contribution in [2.24, 2.45) is 5.92 Å². The van der Waals surface area contributed by atoms with Crippen LogP contribution < -0.4 is 0 Å². The van der Waals surface area contributed by atoms with Crippen LogP contribution >= 0.6 is 0 Å². The number of piperidine rings is 1. The maximum Gasteiger partial charge on any atom is 0.222 e. The average molecular weight is 238 g/mol. The maximum atomic E-state index is 12.0. The van der Waals surface area contributed by atoms with Gasteiger partial charge >= 0.3 is 0 Å². The maximum absolute atomic E-state index is 12.0. The molecule has 2 aliphatic rings. The van der Waals surface area contributed by atoms with Gasteiger partial charge in [0.15, 0.2) is 0 Å². The van der Waals surface area contributed by atoms with Crippen LogP contribution in [0.4, 0.5) is 0 Å². The van der Waals surface area contributed by atoms with E-state index in [-0.39, 0.29) is 0 Å². The summed E-state index contributed by atoms with van der Waals surface area (Å²) < 4.78 is 0. The first-order valence-electron chi connectivity index (χ1n) is 7.29. The topological polar surface area (TPSA) is 23.6 Å². The third kappa shape index (κ3) is 3.70. The number of hydrogen-bond donors (Lipinski definition) is 0. The van der Waals surface area contributed by atoms with E-state index in [9.17, 15) is 4.79 Å². The molecule has 1 atom stereocenters. The fourth-order valence-corrected chi connectivity index (χ4v) is 3.10. The monoisotopic (exact) mass is 238 g/mol. The second-order valence-corrected chi connectivity index (χ2v) is 5.58. The quantitative estimate of drug-likeness (QED) is 0.732. The van der Waals surface area contributed by atoms with E-state index in [0.29, 0.717) is 11.8 Å². The van der Waals surface area contributed by atoms with Gasteiger partial charge in [-0.1, -0.05) is 19.8 Å². The zero-order valence-corrected chi connectivity index (χ0v) is 11.2. The SMILES string of the molecule is CCCC1CCN(CCN2CCCC2)C(=O)C1. The van der Waals surface area contributed by atoms with E-state index >= 15 is 0 Å². The van der Waals surface area contributed by atoms with Crippen LogP contribution in [-0.2, 0) is 4.79 Å². The second kappa shape index (κ2) is 6.39. The van der Waals surface area contributed by atoms with E-state index in [1.165, 1.54) is 45.2 Å². The van der Waals surface area contributed by atoms with Gasteiger partial charge in [-0.05, 0) is 38.3 Å².